The highest BCUT2D eigenvalue weighted by molar-refractivity contribution is 5.54. The summed E-state index contributed by atoms with van der Waals surface area (Å²) in [5.41, 5.74) is 8.60. The van der Waals surface area contributed by atoms with Crippen LogP contribution >= 0.6 is 0 Å². The van der Waals surface area contributed by atoms with Gasteiger partial charge in [0, 0.05) is 0 Å². The van der Waals surface area contributed by atoms with Crippen molar-refractivity contribution in [2.24, 2.45) is 0 Å². The predicted octanol–water partition coefficient (Wildman–Crippen LogP) is 1.43. The fourth-order valence-electron chi connectivity index (χ4n) is 1.39. The van der Waals surface area contributed by atoms with Crippen LogP contribution in [0.4, 0.5) is 5.69 Å². The Hall–Kier alpha value is -1.58. The molecule has 0 bridgehead atoms. The Morgan fingerprint density at radius 1 is 1.46 bits per heavy atom. The fraction of sp³-hybridized carbons (Fsp3) is 0.333. The first-order chi connectivity index (χ1) is 6.18. The zero-order chi connectivity index (χ0) is 9.42. The van der Waals surface area contributed by atoms with Crippen LogP contribution in [-0.2, 0) is 0 Å². The van der Waals surface area contributed by atoms with Crippen LogP contribution in [-0.4, -0.2) is 14.6 Å². The smallest absolute Gasteiger partial charge is 0.155 e. The number of anilines is 1. The van der Waals surface area contributed by atoms with E-state index in [0.29, 0.717) is 5.92 Å². The van der Waals surface area contributed by atoms with Crippen LogP contribution in [0.15, 0.2) is 18.6 Å². The van der Waals surface area contributed by atoms with Crippen molar-refractivity contribution in [1.29, 1.82) is 0 Å². The van der Waals surface area contributed by atoms with Gasteiger partial charge in [0.1, 0.15) is 6.33 Å². The SMILES string of the molecule is CC(C)c1cc2ncnn2cc1N. The molecule has 2 aromatic heterocycles. The molecule has 0 aliphatic rings. The standard InChI is InChI=1S/C9H12N4/c1-6(2)7-3-9-11-5-12-13(9)4-8(7)10/h3-6H,10H2,1-2H3. The van der Waals surface area contributed by atoms with E-state index in [4.69, 9.17) is 5.73 Å². The van der Waals surface area contributed by atoms with Crippen LogP contribution in [0.2, 0.25) is 0 Å². The van der Waals surface area contributed by atoms with Gasteiger partial charge in [-0.15, -0.1) is 0 Å². The molecular formula is C9H12N4. The van der Waals surface area contributed by atoms with E-state index in [2.05, 4.69) is 23.9 Å². The molecule has 0 aliphatic carbocycles. The lowest BCUT2D eigenvalue weighted by atomic mass is 10.0. The van der Waals surface area contributed by atoms with Gasteiger partial charge in [0.25, 0.3) is 0 Å². The minimum Gasteiger partial charge on any atom is -0.397 e. The van der Waals surface area contributed by atoms with E-state index in [1.54, 1.807) is 10.7 Å². The zero-order valence-electron chi connectivity index (χ0n) is 7.73. The van der Waals surface area contributed by atoms with Crippen molar-refractivity contribution in [3.8, 4) is 0 Å². The second-order valence-corrected chi connectivity index (χ2v) is 3.40. The van der Waals surface area contributed by atoms with Crippen molar-refractivity contribution in [2.45, 2.75) is 19.8 Å². The molecule has 0 amide bonds. The number of fused-ring (bicyclic) bond motifs is 1. The summed E-state index contributed by atoms with van der Waals surface area (Å²) < 4.78 is 1.68. The summed E-state index contributed by atoms with van der Waals surface area (Å²) in [6.07, 6.45) is 3.33. The van der Waals surface area contributed by atoms with Crippen molar-refractivity contribution >= 4 is 11.3 Å². The van der Waals surface area contributed by atoms with Crippen LogP contribution in [0.5, 0.6) is 0 Å². The van der Waals surface area contributed by atoms with Gasteiger partial charge in [-0.05, 0) is 17.5 Å². The average Bonchev–Trinajstić information content (AvgIpc) is 2.48. The second kappa shape index (κ2) is 2.73. The number of rotatable bonds is 1. The van der Waals surface area contributed by atoms with Crippen LogP contribution in [0.25, 0.3) is 5.65 Å². The van der Waals surface area contributed by atoms with Crippen LogP contribution in [0, 0.1) is 0 Å². The molecule has 2 N–H and O–H groups in total. The number of hydrogen-bond acceptors (Lipinski definition) is 3. The monoisotopic (exact) mass is 176 g/mol. The highest BCUT2D eigenvalue weighted by Crippen LogP contribution is 2.21. The summed E-state index contributed by atoms with van der Waals surface area (Å²) in [6, 6.07) is 1.98. The number of hydrogen-bond donors (Lipinski definition) is 1. The lowest BCUT2D eigenvalue weighted by molar-refractivity contribution is 0.859. The summed E-state index contributed by atoms with van der Waals surface area (Å²) >= 11 is 0. The zero-order valence-corrected chi connectivity index (χ0v) is 7.73. The summed E-state index contributed by atoms with van der Waals surface area (Å²) in [6.45, 7) is 4.22. The van der Waals surface area contributed by atoms with Crippen molar-refractivity contribution in [3.63, 3.8) is 0 Å². The molecule has 0 atom stereocenters. The van der Waals surface area contributed by atoms with Gasteiger partial charge in [-0.1, -0.05) is 13.8 Å². The van der Waals surface area contributed by atoms with Gasteiger partial charge >= 0.3 is 0 Å². The van der Waals surface area contributed by atoms with Crippen molar-refractivity contribution in [2.75, 3.05) is 5.73 Å². The molecular weight excluding hydrogens is 164 g/mol. The van der Waals surface area contributed by atoms with E-state index in [1.165, 1.54) is 6.33 Å². The first-order valence-corrected chi connectivity index (χ1v) is 4.27. The van der Waals surface area contributed by atoms with Crippen LogP contribution in [0.1, 0.15) is 25.3 Å². The number of nitrogens with two attached hydrogens (primary N) is 1. The molecule has 13 heavy (non-hydrogen) atoms. The Labute approximate surface area is 76.4 Å². The Morgan fingerprint density at radius 3 is 2.92 bits per heavy atom. The van der Waals surface area contributed by atoms with Crippen molar-refractivity contribution < 1.29 is 0 Å². The first kappa shape index (κ1) is 8.04. The molecule has 2 aromatic rings. The van der Waals surface area contributed by atoms with Gasteiger partial charge in [0.05, 0.1) is 11.9 Å². The molecule has 0 aromatic carbocycles. The maximum absolute atomic E-state index is 5.86. The Morgan fingerprint density at radius 2 is 2.23 bits per heavy atom. The molecule has 0 saturated heterocycles. The molecule has 2 heterocycles. The lowest BCUT2D eigenvalue weighted by Crippen LogP contribution is -2.00. The molecule has 4 nitrogen and oxygen atoms in total. The highest BCUT2D eigenvalue weighted by Gasteiger charge is 2.06. The molecule has 0 saturated carbocycles. The van der Waals surface area contributed by atoms with E-state index < -0.39 is 0 Å². The van der Waals surface area contributed by atoms with E-state index in [9.17, 15) is 0 Å². The molecule has 0 radical (unpaired) electrons. The van der Waals surface area contributed by atoms with Gasteiger partial charge in [-0.2, -0.15) is 5.10 Å². The fourth-order valence-corrected chi connectivity index (χ4v) is 1.39. The van der Waals surface area contributed by atoms with E-state index in [-0.39, 0.29) is 0 Å². The molecule has 0 unspecified atom stereocenters. The van der Waals surface area contributed by atoms with E-state index in [1.807, 2.05) is 6.07 Å². The molecule has 4 heteroatoms. The average molecular weight is 176 g/mol. The number of nitrogens with zero attached hydrogens (tertiary/aromatic N) is 3. The molecule has 0 spiro atoms. The van der Waals surface area contributed by atoms with Gasteiger partial charge < -0.3 is 5.73 Å². The minimum atomic E-state index is 0.418. The van der Waals surface area contributed by atoms with Crippen molar-refractivity contribution in [3.05, 3.63) is 24.2 Å². The predicted molar refractivity (Wildman–Crippen MR) is 51.5 cm³/mol. The third kappa shape index (κ3) is 1.24. The Bertz CT molecular complexity index is 430. The van der Waals surface area contributed by atoms with Crippen LogP contribution in [0.3, 0.4) is 0 Å². The van der Waals surface area contributed by atoms with Gasteiger partial charge in [0.2, 0.25) is 0 Å². The maximum atomic E-state index is 5.86. The summed E-state index contributed by atoms with van der Waals surface area (Å²) in [4.78, 5) is 4.10. The summed E-state index contributed by atoms with van der Waals surface area (Å²) in [5, 5.41) is 4.01. The number of pyridine rings is 1. The van der Waals surface area contributed by atoms with Gasteiger partial charge in [0.15, 0.2) is 5.65 Å². The van der Waals surface area contributed by atoms with Gasteiger partial charge in [-0.25, -0.2) is 9.50 Å². The van der Waals surface area contributed by atoms with Crippen molar-refractivity contribution in [1.82, 2.24) is 14.6 Å². The Balaban J connectivity index is 2.69. The third-order valence-corrected chi connectivity index (χ3v) is 2.10. The second-order valence-electron chi connectivity index (χ2n) is 3.40. The summed E-state index contributed by atoms with van der Waals surface area (Å²) in [5.74, 6) is 0.418. The van der Waals surface area contributed by atoms with Crippen LogP contribution < -0.4 is 5.73 Å². The first-order valence-electron chi connectivity index (χ1n) is 4.27. The summed E-state index contributed by atoms with van der Waals surface area (Å²) in [7, 11) is 0. The molecule has 68 valence electrons. The molecule has 0 aliphatic heterocycles. The lowest BCUT2D eigenvalue weighted by Gasteiger charge is -2.08. The Kier molecular flexibility index (Phi) is 1.69. The third-order valence-electron chi connectivity index (χ3n) is 2.10. The molecule has 2 rings (SSSR count). The normalized spacial score (nSPS) is 11.3. The maximum Gasteiger partial charge on any atom is 0.155 e. The topological polar surface area (TPSA) is 56.2 Å². The van der Waals surface area contributed by atoms with E-state index >= 15 is 0 Å². The largest absolute Gasteiger partial charge is 0.397 e. The quantitative estimate of drug-likeness (QED) is 0.715. The molecule has 0 fully saturated rings. The number of nitrogen functional groups attached to an aromatic ring is 1. The number of aromatic nitrogens is 3. The minimum absolute atomic E-state index is 0.418. The van der Waals surface area contributed by atoms with E-state index in [0.717, 1.165) is 16.9 Å². The highest BCUT2D eigenvalue weighted by atomic mass is 15.3. The van der Waals surface area contributed by atoms with Gasteiger partial charge in [-0.3, -0.25) is 0 Å².